The molecule has 1 aliphatic carbocycles. The fraction of sp³-hybridized carbons (Fsp3) is 0.941. The number of ether oxygens (including phenoxy) is 2. The standard InChI is InChI=1S/C17H30N2O3/c1-13(9-17(2)21-7-8-22-17)10-18-16(20)19-11-14-5-3-4-6-15(14)12-19/h13-15H,3-12H2,1-2H3,(H,18,20)/t13-,14-,15-/m0/s1. The van der Waals surface area contributed by atoms with E-state index in [1.54, 1.807) is 0 Å². The van der Waals surface area contributed by atoms with Gasteiger partial charge < -0.3 is 19.7 Å². The molecule has 1 N–H and O–H groups in total. The second kappa shape index (κ2) is 6.75. The van der Waals surface area contributed by atoms with Gasteiger partial charge >= 0.3 is 6.03 Å². The summed E-state index contributed by atoms with van der Waals surface area (Å²) in [4.78, 5) is 14.4. The molecule has 5 nitrogen and oxygen atoms in total. The van der Waals surface area contributed by atoms with Crippen molar-refractivity contribution < 1.29 is 14.3 Å². The van der Waals surface area contributed by atoms with Crippen LogP contribution in [0, 0.1) is 17.8 Å². The summed E-state index contributed by atoms with van der Waals surface area (Å²) >= 11 is 0. The van der Waals surface area contributed by atoms with Crippen LogP contribution in [-0.4, -0.2) is 49.6 Å². The quantitative estimate of drug-likeness (QED) is 0.868. The van der Waals surface area contributed by atoms with E-state index in [1.165, 1.54) is 25.7 Å². The molecule has 1 saturated carbocycles. The number of likely N-dealkylation sites (tertiary alicyclic amines) is 1. The van der Waals surface area contributed by atoms with Crippen LogP contribution in [0.1, 0.15) is 46.0 Å². The summed E-state index contributed by atoms with van der Waals surface area (Å²) in [6.45, 7) is 8.07. The fourth-order valence-electron chi connectivity index (χ4n) is 4.32. The molecule has 22 heavy (non-hydrogen) atoms. The number of hydrogen-bond acceptors (Lipinski definition) is 3. The molecule has 0 aromatic rings. The van der Waals surface area contributed by atoms with Crippen molar-refractivity contribution in [3.8, 4) is 0 Å². The topological polar surface area (TPSA) is 50.8 Å². The van der Waals surface area contributed by atoms with Crippen molar-refractivity contribution in [2.45, 2.75) is 51.7 Å². The summed E-state index contributed by atoms with van der Waals surface area (Å²) in [6.07, 6.45) is 6.10. The number of hydrogen-bond donors (Lipinski definition) is 1. The number of amides is 2. The molecule has 2 saturated heterocycles. The number of carbonyl (C=O) groups excluding carboxylic acids is 1. The van der Waals surface area contributed by atoms with Crippen LogP contribution in [0.5, 0.6) is 0 Å². The maximum atomic E-state index is 12.4. The van der Waals surface area contributed by atoms with Crippen LogP contribution < -0.4 is 5.32 Å². The van der Waals surface area contributed by atoms with Crippen LogP contribution in [0.25, 0.3) is 0 Å². The van der Waals surface area contributed by atoms with Gasteiger partial charge in [-0.15, -0.1) is 0 Å². The summed E-state index contributed by atoms with van der Waals surface area (Å²) < 4.78 is 11.3. The van der Waals surface area contributed by atoms with Gasteiger partial charge in [0.15, 0.2) is 5.79 Å². The molecule has 3 fully saturated rings. The van der Waals surface area contributed by atoms with E-state index in [4.69, 9.17) is 9.47 Å². The van der Waals surface area contributed by atoms with Crippen LogP contribution in [0.4, 0.5) is 4.79 Å². The fourth-order valence-corrected chi connectivity index (χ4v) is 4.32. The number of urea groups is 1. The molecular formula is C17H30N2O3. The van der Waals surface area contributed by atoms with Crippen molar-refractivity contribution in [3.63, 3.8) is 0 Å². The number of nitrogens with one attached hydrogen (secondary N) is 1. The second-order valence-electron chi connectivity index (χ2n) is 7.54. The maximum Gasteiger partial charge on any atom is 0.317 e. The Kier molecular flexibility index (Phi) is 4.93. The lowest BCUT2D eigenvalue weighted by molar-refractivity contribution is -0.153. The summed E-state index contributed by atoms with van der Waals surface area (Å²) in [7, 11) is 0. The van der Waals surface area contributed by atoms with Crippen LogP contribution in [0.3, 0.4) is 0 Å². The highest BCUT2D eigenvalue weighted by molar-refractivity contribution is 5.74. The maximum absolute atomic E-state index is 12.4. The monoisotopic (exact) mass is 310 g/mol. The Hall–Kier alpha value is -0.810. The minimum atomic E-state index is -0.466. The first kappa shape index (κ1) is 16.1. The van der Waals surface area contributed by atoms with Crippen LogP contribution in [0.2, 0.25) is 0 Å². The normalized spacial score (nSPS) is 31.8. The average Bonchev–Trinajstić information content (AvgIpc) is 3.10. The van der Waals surface area contributed by atoms with E-state index in [9.17, 15) is 4.79 Å². The average molecular weight is 310 g/mol. The number of nitrogens with zero attached hydrogens (tertiary/aromatic N) is 1. The van der Waals surface area contributed by atoms with Gasteiger partial charge in [0.05, 0.1) is 13.2 Å². The van der Waals surface area contributed by atoms with Crippen LogP contribution >= 0.6 is 0 Å². The van der Waals surface area contributed by atoms with Crippen LogP contribution in [-0.2, 0) is 9.47 Å². The number of fused-ring (bicyclic) bond motifs is 1. The summed E-state index contributed by atoms with van der Waals surface area (Å²) in [5.74, 6) is 1.37. The van der Waals surface area contributed by atoms with Gasteiger partial charge in [0.2, 0.25) is 0 Å². The number of carbonyl (C=O) groups is 1. The Morgan fingerprint density at radius 3 is 2.41 bits per heavy atom. The largest absolute Gasteiger partial charge is 0.348 e. The Labute approximate surface area is 133 Å². The first-order chi connectivity index (χ1) is 10.6. The third kappa shape index (κ3) is 3.74. The van der Waals surface area contributed by atoms with Crippen molar-refractivity contribution in [3.05, 3.63) is 0 Å². The van der Waals surface area contributed by atoms with Gasteiger partial charge in [0.25, 0.3) is 0 Å². The highest BCUT2D eigenvalue weighted by Gasteiger charge is 2.37. The first-order valence-corrected chi connectivity index (χ1v) is 8.86. The molecule has 0 unspecified atom stereocenters. The summed E-state index contributed by atoms with van der Waals surface area (Å²) in [6, 6.07) is 0.111. The molecule has 3 atom stereocenters. The van der Waals surface area contributed by atoms with Gasteiger partial charge in [-0.3, -0.25) is 0 Å². The molecule has 2 amide bonds. The molecule has 0 aromatic heterocycles. The molecule has 3 aliphatic rings. The third-order valence-corrected chi connectivity index (χ3v) is 5.48. The minimum absolute atomic E-state index is 0.111. The smallest absolute Gasteiger partial charge is 0.317 e. The van der Waals surface area contributed by atoms with Crippen molar-refractivity contribution in [2.75, 3.05) is 32.8 Å². The van der Waals surface area contributed by atoms with Crippen molar-refractivity contribution >= 4 is 6.03 Å². The predicted octanol–water partition coefficient (Wildman–Crippen LogP) is 2.61. The van der Waals surface area contributed by atoms with Gasteiger partial charge in [-0.1, -0.05) is 19.8 Å². The molecular weight excluding hydrogens is 280 g/mol. The van der Waals surface area contributed by atoms with Gasteiger partial charge in [0, 0.05) is 26.1 Å². The molecule has 126 valence electrons. The Bertz CT molecular complexity index is 381. The van der Waals surface area contributed by atoms with E-state index in [0.29, 0.717) is 25.7 Å². The molecule has 2 aliphatic heterocycles. The van der Waals surface area contributed by atoms with Crippen LogP contribution in [0.15, 0.2) is 0 Å². The predicted molar refractivity (Wildman–Crippen MR) is 84.5 cm³/mol. The molecule has 5 heteroatoms. The molecule has 0 aromatic carbocycles. The third-order valence-electron chi connectivity index (χ3n) is 5.48. The Morgan fingerprint density at radius 1 is 1.23 bits per heavy atom. The highest BCUT2D eigenvalue weighted by Crippen LogP contribution is 2.36. The van der Waals surface area contributed by atoms with Gasteiger partial charge in [-0.25, -0.2) is 4.79 Å². The minimum Gasteiger partial charge on any atom is -0.348 e. The van der Waals surface area contributed by atoms with E-state index < -0.39 is 5.79 Å². The van der Waals surface area contributed by atoms with Gasteiger partial charge in [0.1, 0.15) is 0 Å². The first-order valence-electron chi connectivity index (χ1n) is 8.86. The molecule has 2 heterocycles. The summed E-state index contributed by atoms with van der Waals surface area (Å²) in [5.41, 5.74) is 0. The number of rotatable bonds is 4. The zero-order valence-corrected chi connectivity index (χ0v) is 14.0. The molecule has 0 bridgehead atoms. The van der Waals surface area contributed by atoms with Crippen molar-refractivity contribution in [1.82, 2.24) is 10.2 Å². The van der Waals surface area contributed by atoms with Crippen molar-refractivity contribution in [1.29, 1.82) is 0 Å². The zero-order valence-electron chi connectivity index (χ0n) is 14.0. The van der Waals surface area contributed by atoms with Crippen molar-refractivity contribution in [2.24, 2.45) is 17.8 Å². The van der Waals surface area contributed by atoms with E-state index in [2.05, 4.69) is 12.2 Å². The molecule has 0 radical (unpaired) electrons. The Morgan fingerprint density at radius 2 is 1.82 bits per heavy atom. The SMILES string of the molecule is C[C@H](CNC(=O)N1C[C@@H]2CCCC[C@H]2C1)CC1(C)OCCO1. The lowest BCUT2D eigenvalue weighted by atomic mass is 9.82. The summed E-state index contributed by atoms with van der Waals surface area (Å²) in [5, 5.41) is 3.10. The second-order valence-corrected chi connectivity index (χ2v) is 7.54. The van der Waals surface area contributed by atoms with E-state index in [1.807, 2.05) is 11.8 Å². The lowest BCUT2D eigenvalue weighted by Crippen LogP contribution is -2.41. The van der Waals surface area contributed by atoms with E-state index in [0.717, 1.165) is 31.3 Å². The van der Waals surface area contributed by atoms with E-state index in [-0.39, 0.29) is 6.03 Å². The zero-order chi connectivity index (χ0) is 15.6. The lowest BCUT2D eigenvalue weighted by Gasteiger charge is -2.26. The van der Waals surface area contributed by atoms with E-state index >= 15 is 0 Å². The van der Waals surface area contributed by atoms with Gasteiger partial charge in [-0.2, -0.15) is 0 Å². The highest BCUT2D eigenvalue weighted by atomic mass is 16.7. The Balaban J connectivity index is 1.40. The molecule has 0 spiro atoms. The molecule has 3 rings (SSSR count). The van der Waals surface area contributed by atoms with Gasteiger partial charge in [-0.05, 0) is 37.5 Å².